The zero-order valence-corrected chi connectivity index (χ0v) is 8.75. The van der Waals surface area contributed by atoms with Crippen molar-refractivity contribution in [3.8, 4) is 0 Å². The van der Waals surface area contributed by atoms with E-state index >= 15 is 0 Å². The molecule has 0 bridgehead atoms. The molecule has 0 unspecified atom stereocenters. The SMILES string of the molecule is CC(=CCSc1ccccc1)C(=O)O. The van der Waals surface area contributed by atoms with E-state index in [2.05, 4.69) is 0 Å². The van der Waals surface area contributed by atoms with Crippen LogP contribution in [0, 0.1) is 0 Å². The number of thioether (sulfide) groups is 1. The van der Waals surface area contributed by atoms with E-state index in [9.17, 15) is 4.79 Å². The highest BCUT2D eigenvalue weighted by molar-refractivity contribution is 7.99. The Morgan fingerprint density at radius 2 is 2.07 bits per heavy atom. The summed E-state index contributed by atoms with van der Waals surface area (Å²) in [5, 5.41) is 8.60. The highest BCUT2D eigenvalue weighted by Gasteiger charge is 1.98. The highest BCUT2D eigenvalue weighted by atomic mass is 32.2. The molecule has 0 fully saturated rings. The van der Waals surface area contributed by atoms with E-state index in [-0.39, 0.29) is 0 Å². The third-order valence-corrected chi connectivity index (χ3v) is 2.66. The molecule has 0 aliphatic heterocycles. The summed E-state index contributed by atoms with van der Waals surface area (Å²) < 4.78 is 0. The summed E-state index contributed by atoms with van der Waals surface area (Å²) >= 11 is 1.63. The molecule has 0 atom stereocenters. The quantitative estimate of drug-likeness (QED) is 0.610. The second kappa shape index (κ2) is 5.50. The predicted molar refractivity (Wildman–Crippen MR) is 58.6 cm³/mol. The van der Waals surface area contributed by atoms with Gasteiger partial charge in [-0.2, -0.15) is 0 Å². The summed E-state index contributed by atoms with van der Waals surface area (Å²) in [5.74, 6) is -0.152. The molecule has 0 saturated heterocycles. The number of aliphatic carboxylic acids is 1. The van der Waals surface area contributed by atoms with Crippen LogP contribution in [0.1, 0.15) is 6.92 Å². The molecule has 0 saturated carbocycles. The van der Waals surface area contributed by atoms with Crippen LogP contribution in [0.2, 0.25) is 0 Å². The Balaban J connectivity index is 2.43. The van der Waals surface area contributed by atoms with E-state index in [1.807, 2.05) is 30.3 Å². The van der Waals surface area contributed by atoms with Gasteiger partial charge >= 0.3 is 5.97 Å². The fourth-order valence-electron chi connectivity index (χ4n) is 0.867. The molecule has 1 N–H and O–H groups in total. The van der Waals surface area contributed by atoms with Crippen LogP contribution in [0.25, 0.3) is 0 Å². The molecule has 1 aromatic carbocycles. The Morgan fingerprint density at radius 3 is 2.64 bits per heavy atom. The van der Waals surface area contributed by atoms with E-state index in [1.165, 1.54) is 0 Å². The van der Waals surface area contributed by atoms with Crippen molar-refractivity contribution < 1.29 is 9.90 Å². The van der Waals surface area contributed by atoms with Crippen molar-refractivity contribution in [2.24, 2.45) is 0 Å². The highest BCUT2D eigenvalue weighted by Crippen LogP contribution is 2.17. The number of benzene rings is 1. The molecular formula is C11H12O2S. The molecule has 14 heavy (non-hydrogen) atoms. The Bertz CT molecular complexity index is 330. The Morgan fingerprint density at radius 1 is 1.43 bits per heavy atom. The summed E-state index contributed by atoms with van der Waals surface area (Å²) in [4.78, 5) is 11.6. The average molecular weight is 208 g/mol. The molecule has 74 valence electrons. The van der Waals surface area contributed by atoms with Gasteiger partial charge in [-0.25, -0.2) is 4.79 Å². The molecule has 2 nitrogen and oxygen atoms in total. The molecule has 0 spiro atoms. The summed E-state index contributed by atoms with van der Waals surface area (Å²) in [7, 11) is 0. The first-order chi connectivity index (χ1) is 6.70. The number of carboxylic acid groups (broad SMARTS) is 1. The molecular weight excluding hydrogens is 196 g/mol. The van der Waals surface area contributed by atoms with Gasteiger partial charge in [-0.1, -0.05) is 24.3 Å². The van der Waals surface area contributed by atoms with Gasteiger partial charge in [0.1, 0.15) is 0 Å². The predicted octanol–water partition coefficient (Wildman–Crippen LogP) is 2.81. The minimum Gasteiger partial charge on any atom is -0.478 e. The van der Waals surface area contributed by atoms with Crippen LogP contribution in [0.5, 0.6) is 0 Å². The van der Waals surface area contributed by atoms with Crippen molar-refractivity contribution in [2.45, 2.75) is 11.8 Å². The van der Waals surface area contributed by atoms with Gasteiger partial charge in [-0.3, -0.25) is 0 Å². The first-order valence-electron chi connectivity index (χ1n) is 4.28. The fourth-order valence-corrected chi connectivity index (χ4v) is 1.74. The number of hydrogen-bond donors (Lipinski definition) is 1. The molecule has 0 heterocycles. The summed E-state index contributed by atoms with van der Waals surface area (Å²) in [6.07, 6.45) is 1.72. The van der Waals surface area contributed by atoms with E-state index in [1.54, 1.807) is 24.8 Å². The zero-order chi connectivity index (χ0) is 10.4. The molecule has 1 rings (SSSR count). The Hall–Kier alpha value is -1.22. The lowest BCUT2D eigenvalue weighted by Crippen LogP contribution is -1.96. The molecule has 0 amide bonds. The molecule has 0 aliphatic carbocycles. The Kier molecular flexibility index (Phi) is 4.26. The van der Waals surface area contributed by atoms with Crippen LogP contribution in [-0.4, -0.2) is 16.8 Å². The summed E-state index contributed by atoms with van der Waals surface area (Å²) in [6, 6.07) is 9.91. The van der Waals surface area contributed by atoms with Crippen molar-refractivity contribution in [3.05, 3.63) is 42.0 Å². The maximum atomic E-state index is 10.5. The lowest BCUT2D eigenvalue weighted by Gasteiger charge is -1.97. The largest absolute Gasteiger partial charge is 0.478 e. The number of carbonyl (C=O) groups is 1. The summed E-state index contributed by atoms with van der Waals surface area (Å²) in [6.45, 7) is 1.61. The van der Waals surface area contributed by atoms with E-state index < -0.39 is 5.97 Å². The lowest BCUT2D eigenvalue weighted by atomic mass is 10.3. The van der Waals surface area contributed by atoms with Gasteiger partial charge in [-0.15, -0.1) is 11.8 Å². The molecule has 0 radical (unpaired) electrons. The molecule has 0 aromatic heterocycles. The van der Waals surface area contributed by atoms with Gasteiger partial charge in [0.05, 0.1) is 0 Å². The standard InChI is InChI=1S/C11H12O2S/c1-9(11(12)13)7-8-14-10-5-3-2-4-6-10/h2-7H,8H2,1H3,(H,12,13). The molecule has 3 heteroatoms. The fraction of sp³-hybridized carbons (Fsp3) is 0.182. The van der Waals surface area contributed by atoms with E-state index in [0.717, 1.165) is 4.90 Å². The second-order valence-corrected chi connectivity index (χ2v) is 3.91. The third kappa shape index (κ3) is 3.66. The molecule has 0 aliphatic rings. The van der Waals surface area contributed by atoms with Gasteiger partial charge < -0.3 is 5.11 Å². The van der Waals surface area contributed by atoms with Crippen LogP contribution < -0.4 is 0 Å². The first kappa shape index (κ1) is 10.9. The minimum atomic E-state index is -0.848. The summed E-state index contributed by atoms with van der Waals surface area (Å²) in [5.41, 5.74) is 0.397. The van der Waals surface area contributed by atoms with Crippen LogP contribution in [0.4, 0.5) is 0 Å². The smallest absolute Gasteiger partial charge is 0.330 e. The first-order valence-corrected chi connectivity index (χ1v) is 5.26. The Labute approximate surface area is 87.6 Å². The minimum absolute atomic E-state index is 0.397. The maximum Gasteiger partial charge on any atom is 0.330 e. The lowest BCUT2D eigenvalue weighted by molar-refractivity contribution is -0.132. The number of rotatable bonds is 4. The normalized spacial score (nSPS) is 11.4. The van der Waals surface area contributed by atoms with Gasteiger partial charge in [0.15, 0.2) is 0 Å². The van der Waals surface area contributed by atoms with Crippen LogP contribution in [0.15, 0.2) is 46.9 Å². The van der Waals surface area contributed by atoms with Crippen LogP contribution >= 0.6 is 11.8 Å². The zero-order valence-electron chi connectivity index (χ0n) is 7.93. The van der Waals surface area contributed by atoms with Gasteiger partial charge in [-0.05, 0) is 19.1 Å². The maximum absolute atomic E-state index is 10.5. The van der Waals surface area contributed by atoms with Crippen molar-refractivity contribution in [2.75, 3.05) is 5.75 Å². The third-order valence-electron chi connectivity index (χ3n) is 1.72. The molecule has 1 aromatic rings. The van der Waals surface area contributed by atoms with Crippen molar-refractivity contribution in [3.63, 3.8) is 0 Å². The van der Waals surface area contributed by atoms with Gasteiger partial charge in [0.2, 0.25) is 0 Å². The van der Waals surface area contributed by atoms with Crippen LogP contribution in [-0.2, 0) is 4.79 Å². The topological polar surface area (TPSA) is 37.3 Å². The number of hydrogen-bond acceptors (Lipinski definition) is 2. The van der Waals surface area contributed by atoms with E-state index in [4.69, 9.17) is 5.11 Å². The van der Waals surface area contributed by atoms with Gasteiger partial charge in [0.25, 0.3) is 0 Å². The van der Waals surface area contributed by atoms with Crippen molar-refractivity contribution in [1.82, 2.24) is 0 Å². The van der Waals surface area contributed by atoms with Crippen LogP contribution in [0.3, 0.4) is 0 Å². The van der Waals surface area contributed by atoms with Crippen molar-refractivity contribution in [1.29, 1.82) is 0 Å². The number of carboxylic acids is 1. The van der Waals surface area contributed by atoms with Crippen molar-refractivity contribution >= 4 is 17.7 Å². The second-order valence-electron chi connectivity index (χ2n) is 2.82. The van der Waals surface area contributed by atoms with Gasteiger partial charge in [0, 0.05) is 16.2 Å². The monoisotopic (exact) mass is 208 g/mol. The average Bonchev–Trinajstić information content (AvgIpc) is 2.19. The van der Waals surface area contributed by atoms with E-state index in [0.29, 0.717) is 11.3 Å².